The van der Waals surface area contributed by atoms with Crippen molar-refractivity contribution >= 4 is 29.2 Å². The van der Waals surface area contributed by atoms with E-state index in [1.807, 2.05) is 6.92 Å². The number of carboxylic acids is 1. The lowest BCUT2D eigenvalue weighted by Crippen LogP contribution is -2.47. The number of carbonyl (C=O) groups is 2. The molecule has 1 atom stereocenters. The summed E-state index contributed by atoms with van der Waals surface area (Å²) >= 11 is 5.92. The number of hydrogen-bond donors (Lipinski definition) is 2. The Morgan fingerprint density at radius 3 is 2.70 bits per heavy atom. The molecule has 0 saturated heterocycles. The summed E-state index contributed by atoms with van der Waals surface area (Å²) in [5, 5.41) is 12.3. The van der Waals surface area contributed by atoms with Crippen LogP contribution in [0.3, 0.4) is 0 Å². The van der Waals surface area contributed by atoms with E-state index in [2.05, 4.69) is 5.32 Å². The van der Waals surface area contributed by atoms with Gasteiger partial charge in [-0.05, 0) is 31.5 Å². The fourth-order valence-electron chi connectivity index (χ4n) is 1.79. The Hall–Kier alpha value is -1.75. The normalized spacial score (nSPS) is 11.8. The summed E-state index contributed by atoms with van der Waals surface area (Å²) in [5.41, 5.74) is 0.610. The van der Waals surface area contributed by atoms with Crippen molar-refractivity contribution in [3.05, 3.63) is 29.3 Å². The average molecular weight is 299 g/mol. The van der Waals surface area contributed by atoms with E-state index in [-0.39, 0.29) is 12.5 Å². The molecule has 0 fully saturated rings. The number of halogens is 1. The minimum atomic E-state index is -1.000. The summed E-state index contributed by atoms with van der Waals surface area (Å²) in [7, 11) is 0. The minimum Gasteiger partial charge on any atom is -0.480 e. The number of anilines is 1. The second kappa shape index (κ2) is 7.75. The van der Waals surface area contributed by atoms with Crippen LogP contribution in [0.2, 0.25) is 5.02 Å². The molecule has 5 nitrogen and oxygen atoms in total. The van der Waals surface area contributed by atoms with Crippen LogP contribution < -0.4 is 10.2 Å². The SMILES string of the molecule is CCCNC(=O)C(C)N(CC(=O)O)c1cccc(Cl)c1. The largest absolute Gasteiger partial charge is 0.480 e. The molecule has 0 heterocycles. The van der Waals surface area contributed by atoms with E-state index in [4.69, 9.17) is 16.7 Å². The second-order valence-electron chi connectivity index (χ2n) is 4.47. The number of carbonyl (C=O) groups excluding carboxylic acids is 1. The van der Waals surface area contributed by atoms with Gasteiger partial charge in [0.1, 0.15) is 12.6 Å². The number of nitrogens with zero attached hydrogens (tertiary/aromatic N) is 1. The van der Waals surface area contributed by atoms with Gasteiger partial charge < -0.3 is 15.3 Å². The number of benzene rings is 1. The van der Waals surface area contributed by atoms with Crippen molar-refractivity contribution in [3.8, 4) is 0 Å². The second-order valence-corrected chi connectivity index (χ2v) is 4.90. The number of rotatable bonds is 7. The monoisotopic (exact) mass is 298 g/mol. The third-order valence-electron chi connectivity index (χ3n) is 2.84. The van der Waals surface area contributed by atoms with E-state index >= 15 is 0 Å². The van der Waals surface area contributed by atoms with Crippen molar-refractivity contribution < 1.29 is 14.7 Å². The van der Waals surface area contributed by atoms with E-state index in [0.29, 0.717) is 17.3 Å². The molecular weight excluding hydrogens is 280 g/mol. The van der Waals surface area contributed by atoms with Crippen LogP contribution in [0.5, 0.6) is 0 Å². The molecule has 1 rings (SSSR count). The fourth-order valence-corrected chi connectivity index (χ4v) is 1.97. The summed E-state index contributed by atoms with van der Waals surface area (Å²) in [6.45, 7) is 3.94. The van der Waals surface area contributed by atoms with Gasteiger partial charge >= 0.3 is 5.97 Å². The van der Waals surface area contributed by atoms with Crippen molar-refractivity contribution in [2.24, 2.45) is 0 Å². The Kier molecular flexibility index (Phi) is 6.31. The van der Waals surface area contributed by atoms with Crippen LogP contribution in [0.15, 0.2) is 24.3 Å². The molecule has 0 bridgehead atoms. The molecule has 20 heavy (non-hydrogen) atoms. The summed E-state index contributed by atoms with van der Waals surface area (Å²) in [6, 6.07) is 6.22. The summed E-state index contributed by atoms with van der Waals surface area (Å²) in [6.07, 6.45) is 0.828. The molecule has 1 aromatic rings. The molecule has 1 aromatic carbocycles. The van der Waals surface area contributed by atoms with E-state index in [1.54, 1.807) is 31.2 Å². The molecule has 0 radical (unpaired) electrons. The summed E-state index contributed by atoms with van der Waals surface area (Å²) in [5.74, 6) is -1.20. The highest BCUT2D eigenvalue weighted by molar-refractivity contribution is 6.30. The van der Waals surface area contributed by atoms with E-state index in [9.17, 15) is 9.59 Å². The maximum absolute atomic E-state index is 12.0. The Morgan fingerprint density at radius 2 is 2.15 bits per heavy atom. The van der Waals surface area contributed by atoms with E-state index in [1.165, 1.54) is 4.90 Å². The summed E-state index contributed by atoms with van der Waals surface area (Å²) < 4.78 is 0. The number of hydrogen-bond acceptors (Lipinski definition) is 3. The van der Waals surface area contributed by atoms with Gasteiger partial charge in [-0.1, -0.05) is 24.6 Å². The molecular formula is C14H19ClN2O3. The molecule has 6 heteroatoms. The Morgan fingerprint density at radius 1 is 1.45 bits per heavy atom. The number of nitrogens with one attached hydrogen (secondary N) is 1. The molecule has 0 aliphatic rings. The van der Waals surface area contributed by atoms with Crippen LogP contribution in [0, 0.1) is 0 Å². The van der Waals surface area contributed by atoms with Crippen molar-refractivity contribution in [2.45, 2.75) is 26.3 Å². The van der Waals surface area contributed by atoms with Gasteiger partial charge in [-0.2, -0.15) is 0 Å². The number of amides is 1. The molecule has 0 spiro atoms. The Labute approximate surface area is 123 Å². The smallest absolute Gasteiger partial charge is 0.323 e. The van der Waals surface area contributed by atoms with Crippen molar-refractivity contribution in [2.75, 3.05) is 18.0 Å². The van der Waals surface area contributed by atoms with Gasteiger partial charge in [-0.25, -0.2) is 0 Å². The molecule has 0 aliphatic carbocycles. The van der Waals surface area contributed by atoms with Gasteiger partial charge in [0.2, 0.25) is 5.91 Å². The first-order chi connectivity index (χ1) is 9.45. The highest BCUT2D eigenvalue weighted by Gasteiger charge is 2.23. The Bertz CT molecular complexity index is 479. The van der Waals surface area contributed by atoms with Gasteiger partial charge in [-0.15, -0.1) is 0 Å². The zero-order chi connectivity index (χ0) is 15.1. The van der Waals surface area contributed by atoms with Gasteiger partial charge in [0.05, 0.1) is 0 Å². The van der Waals surface area contributed by atoms with Crippen LogP contribution in [0.1, 0.15) is 20.3 Å². The zero-order valence-corrected chi connectivity index (χ0v) is 12.4. The molecule has 0 aromatic heterocycles. The summed E-state index contributed by atoms with van der Waals surface area (Å²) in [4.78, 5) is 24.5. The van der Waals surface area contributed by atoms with Crippen molar-refractivity contribution in [3.63, 3.8) is 0 Å². The van der Waals surface area contributed by atoms with Gasteiger partial charge in [0.25, 0.3) is 0 Å². The van der Waals surface area contributed by atoms with Gasteiger partial charge in [0, 0.05) is 17.3 Å². The highest BCUT2D eigenvalue weighted by Crippen LogP contribution is 2.21. The predicted molar refractivity (Wildman–Crippen MR) is 79.2 cm³/mol. The third-order valence-corrected chi connectivity index (χ3v) is 3.08. The van der Waals surface area contributed by atoms with Crippen molar-refractivity contribution in [1.29, 1.82) is 0 Å². The molecule has 2 N–H and O–H groups in total. The lowest BCUT2D eigenvalue weighted by atomic mass is 10.2. The first-order valence-electron chi connectivity index (χ1n) is 6.47. The Balaban J connectivity index is 2.94. The van der Waals surface area contributed by atoms with Crippen LogP contribution in [-0.4, -0.2) is 36.1 Å². The van der Waals surface area contributed by atoms with E-state index in [0.717, 1.165) is 6.42 Å². The third kappa shape index (κ3) is 4.74. The topological polar surface area (TPSA) is 69.6 Å². The van der Waals surface area contributed by atoms with E-state index < -0.39 is 12.0 Å². The molecule has 1 amide bonds. The minimum absolute atomic E-state index is 0.201. The lowest BCUT2D eigenvalue weighted by molar-refractivity contribution is -0.135. The standard InChI is InChI=1S/C14H19ClN2O3/c1-3-7-16-14(20)10(2)17(9-13(18)19)12-6-4-5-11(15)8-12/h4-6,8,10H,3,7,9H2,1-2H3,(H,16,20)(H,18,19). The lowest BCUT2D eigenvalue weighted by Gasteiger charge is -2.29. The maximum atomic E-state index is 12.0. The zero-order valence-electron chi connectivity index (χ0n) is 11.6. The molecule has 0 saturated carbocycles. The fraction of sp³-hybridized carbons (Fsp3) is 0.429. The number of carboxylic acid groups (broad SMARTS) is 1. The predicted octanol–water partition coefficient (Wildman–Crippen LogP) is 2.15. The van der Waals surface area contributed by atoms with Crippen LogP contribution in [0.25, 0.3) is 0 Å². The van der Waals surface area contributed by atoms with Gasteiger partial charge in [-0.3, -0.25) is 9.59 Å². The quantitative estimate of drug-likeness (QED) is 0.809. The van der Waals surface area contributed by atoms with Crippen LogP contribution in [-0.2, 0) is 9.59 Å². The maximum Gasteiger partial charge on any atom is 0.323 e. The van der Waals surface area contributed by atoms with Gasteiger partial charge in [0.15, 0.2) is 0 Å². The molecule has 110 valence electrons. The first-order valence-corrected chi connectivity index (χ1v) is 6.85. The van der Waals surface area contributed by atoms with Crippen LogP contribution >= 0.6 is 11.6 Å². The molecule has 1 unspecified atom stereocenters. The average Bonchev–Trinajstić information content (AvgIpc) is 2.41. The van der Waals surface area contributed by atoms with Crippen LogP contribution in [0.4, 0.5) is 5.69 Å². The number of aliphatic carboxylic acids is 1. The van der Waals surface area contributed by atoms with Crippen molar-refractivity contribution in [1.82, 2.24) is 5.32 Å². The first kappa shape index (κ1) is 16.3. The molecule has 0 aliphatic heterocycles. The highest BCUT2D eigenvalue weighted by atomic mass is 35.5.